The monoisotopic (exact) mass is 182 g/mol. The maximum atomic E-state index is 5.12. The van der Waals surface area contributed by atoms with E-state index >= 15 is 0 Å². The fourth-order valence-electron chi connectivity index (χ4n) is 0.705. The molecule has 0 unspecified atom stereocenters. The Bertz CT molecular complexity index is 249. The molecule has 1 heterocycles. The number of ether oxygens (including phenoxy) is 1. The Hall–Kier alpha value is -1.12. The van der Waals surface area contributed by atoms with Crippen molar-refractivity contribution in [2.75, 3.05) is 6.61 Å². The fourth-order valence-corrected chi connectivity index (χ4v) is 0.705. The molecular weight excluding hydrogens is 164 g/mol. The van der Waals surface area contributed by atoms with Crippen molar-refractivity contribution >= 4 is 0 Å². The van der Waals surface area contributed by atoms with E-state index in [-0.39, 0.29) is 0 Å². The number of rotatable bonds is 2. The molecule has 74 valence electrons. The van der Waals surface area contributed by atoms with Crippen LogP contribution in [0.2, 0.25) is 0 Å². The second kappa shape index (κ2) is 6.40. The smallest absolute Gasteiger partial charge is 0.316 e. The standard InChI is InChI=1S/C8H12N2O.C2H6/c1-4-11-8-9-5-6(2)7(3)10-8;1-2/h5H,4H2,1-3H3;1-2H3. The zero-order valence-corrected chi connectivity index (χ0v) is 9.09. The average molecular weight is 182 g/mol. The summed E-state index contributed by atoms with van der Waals surface area (Å²) in [4.78, 5) is 8.12. The summed E-state index contributed by atoms with van der Waals surface area (Å²) in [6.07, 6.45) is 1.77. The van der Waals surface area contributed by atoms with E-state index in [1.807, 2.05) is 34.6 Å². The second-order valence-corrected chi connectivity index (χ2v) is 2.35. The first-order valence-electron chi connectivity index (χ1n) is 4.67. The van der Waals surface area contributed by atoms with Crippen LogP contribution in [0.4, 0.5) is 0 Å². The molecule has 0 aliphatic carbocycles. The molecule has 0 N–H and O–H groups in total. The molecule has 0 saturated heterocycles. The Morgan fingerprint density at radius 3 is 2.38 bits per heavy atom. The van der Waals surface area contributed by atoms with E-state index in [0.29, 0.717) is 12.6 Å². The van der Waals surface area contributed by atoms with E-state index in [0.717, 1.165) is 11.3 Å². The normalized spacial score (nSPS) is 8.69. The summed E-state index contributed by atoms with van der Waals surface area (Å²) in [6.45, 7) is 10.5. The van der Waals surface area contributed by atoms with Gasteiger partial charge in [0.2, 0.25) is 0 Å². The molecule has 0 aliphatic heterocycles. The predicted octanol–water partition coefficient (Wildman–Crippen LogP) is 2.52. The lowest BCUT2D eigenvalue weighted by atomic mass is 10.3. The van der Waals surface area contributed by atoms with Gasteiger partial charge in [0.15, 0.2) is 0 Å². The maximum Gasteiger partial charge on any atom is 0.316 e. The first-order valence-corrected chi connectivity index (χ1v) is 4.67. The third-order valence-corrected chi connectivity index (χ3v) is 1.48. The van der Waals surface area contributed by atoms with Gasteiger partial charge < -0.3 is 4.74 Å². The Kier molecular flexibility index (Phi) is 5.85. The van der Waals surface area contributed by atoms with Crippen LogP contribution in [0.1, 0.15) is 32.0 Å². The van der Waals surface area contributed by atoms with Gasteiger partial charge in [0.1, 0.15) is 0 Å². The molecule has 3 heteroatoms. The van der Waals surface area contributed by atoms with Crippen LogP contribution >= 0.6 is 0 Å². The molecule has 0 spiro atoms. The molecule has 1 aromatic heterocycles. The lowest BCUT2D eigenvalue weighted by Gasteiger charge is -2.02. The van der Waals surface area contributed by atoms with E-state index in [2.05, 4.69) is 9.97 Å². The highest BCUT2D eigenvalue weighted by molar-refractivity contribution is 5.15. The van der Waals surface area contributed by atoms with Crippen molar-refractivity contribution in [2.24, 2.45) is 0 Å². The van der Waals surface area contributed by atoms with Gasteiger partial charge in [-0.2, -0.15) is 0 Å². The topological polar surface area (TPSA) is 35.0 Å². The van der Waals surface area contributed by atoms with Crippen LogP contribution in [0.15, 0.2) is 6.20 Å². The van der Waals surface area contributed by atoms with Gasteiger partial charge in [-0.1, -0.05) is 13.8 Å². The number of nitrogens with zero attached hydrogens (tertiary/aromatic N) is 2. The van der Waals surface area contributed by atoms with Gasteiger partial charge in [-0.15, -0.1) is 0 Å². The quantitative estimate of drug-likeness (QED) is 0.705. The second-order valence-electron chi connectivity index (χ2n) is 2.35. The van der Waals surface area contributed by atoms with Gasteiger partial charge in [0, 0.05) is 11.9 Å². The zero-order valence-electron chi connectivity index (χ0n) is 9.09. The van der Waals surface area contributed by atoms with Crippen molar-refractivity contribution < 1.29 is 4.74 Å². The van der Waals surface area contributed by atoms with Gasteiger partial charge in [0.05, 0.1) is 6.61 Å². The van der Waals surface area contributed by atoms with Crippen LogP contribution in [0.25, 0.3) is 0 Å². The Morgan fingerprint density at radius 1 is 1.31 bits per heavy atom. The first kappa shape index (κ1) is 11.9. The molecule has 0 atom stereocenters. The molecule has 1 rings (SSSR count). The van der Waals surface area contributed by atoms with Crippen LogP contribution in [-0.2, 0) is 0 Å². The van der Waals surface area contributed by atoms with Gasteiger partial charge in [-0.3, -0.25) is 0 Å². The van der Waals surface area contributed by atoms with Crippen LogP contribution < -0.4 is 4.74 Å². The molecule has 3 nitrogen and oxygen atoms in total. The fraction of sp³-hybridized carbons (Fsp3) is 0.600. The summed E-state index contributed by atoms with van der Waals surface area (Å²) in [5, 5.41) is 0. The molecule has 0 fully saturated rings. The largest absolute Gasteiger partial charge is 0.464 e. The molecule has 0 radical (unpaired) electrons. The summed E-state index contributed by atoms with van der Waals surface area (Å²) in [6, 6.07) is 0.468. The van der Waals surface area contributed by atoms with Crippen molar-refractivity contribution in [1.29, 1.82) is 0 Å². The van der Waals surface area contributed by atoms with Crippen molar-refractivity contribution in [3.8, 4) is 6.01 Å². The summed E-state index contributed by atoms with van der Waals surface area (Å²) >= 11 is 0. The molecule has 0 amide bonds. The lowest BCUT2D eigenvalue weighted by molar-refractivity contribution is 0.311. The minimum Gasteiger partial charge on any atom is -0.464 e. The minimum absolute atomic E-state index is 0.468. The van der Waals surface area contributed by atoms with E-state index in [1.54, 1.807) is 6.20 Å². The molecular formula is C10H18N2O. The van der Waals surface area contributed by atoms with Crippen LogP contribution in [-0.4, -0.2) is 16.6 Å². The van der Waals surface area contributed by atoms with E-state index in [9.17, 15) is 0 Å². The highest BCUT2D eigenvalue weighted by Gasteiger charge is 1.97. The third kappa shape index (κ3) is 3.87. The summed E-state index contributed by atoms with van der Waals surface area (Å²) in [5.74, 6) is 0. The van der Waals surface area contributed by atoms with Crippen LogP contribution in [0.5, 0.6) is 6.01 Å². The number of hydrogen-bond acceptors (Lipinski definition) is 3. The van der Waals surface area contributed by atoms with Crippen LogP contribution in [0, 0.1) is 13.8 Å². The summed E-state index contributed by atoms with van der Waals surface area (Å²) < 4.78 is 5.12. The summed E-state index contributed by atoms with van der Waals surface area (Å²) in [7, 11) is 0. The molecule has 0 aromatic carbocycles. The molecule has 0 aliphatic rings. The van der Waals surface area contributed by atoms with E-state index in [4.69, 9.17) is 4.74 Å². The Labute approximate surface area is 80.2 Å². The van der Waals surface area contributed by atoms with Crippen molar-refractivity contribution in [1.82, 2.24) is 9.97 Å². The number of aryl methyl sites for hydroxylation is 2. The van der Waals surface area contributed by atoms with Gasteiger partial charge >= 0.3 is 6.01 Å². The maximum absolute atomic E-state index is 5.12. The SMILES string of the molecule is CC.CCOc1ncc(C)c(C)n1. The first-order chi connectivity index (χ1) is 6.24. The van der Waals surface area contributed by atoms with Crippen molar-refractivity contribution in [3.05, 3.63) is 17.5 Å². The van der Waals surface area contributed by atoms with E-state index < -0.39 is 0 Å². The number of aromatic nitrogens is 2. The Balaban J connectivity index is 0.000000671. The van der Waals surface area contributed by atoms with Crippen molar-refractivity contribution in [3.63, 3.8) is 0 Å². The highest BCUT2D eigenvalue weighted by Crippen LogP contribution is 2.06. The number of hydrogen-bond donors (Lipinski definition) is 0. The molecule has 13 heavy (non-hydrogen) atoms. The minimum atomic E-state index is 0.468. The van der Waals surface area contributed by atoms with Gasteiger partial charge in [-0.25, -0.2) is 9.97 Å². The highest BCUT2D eigenvalue weighted by atomic mass is 16.5. The summed E-state index contributed by atoms with van der Waals surface area (Å²) in [5.41, 5.74) is 2.07. The lowest BCUT2D eigenvalue weighted by Crippen LogP contribution is -1.99. The Morgan fingerprint density at radius 2 is 1.92 bits per heavy atom. The van der Waals surface area contributed by atoms with Crippen LogP contribution in [0.3, 0.4) is 0 Å². The molecule has 1 aromatic rings. The predicted molar refractivity (Wildman–Crippen MR) is 54.0 cm³/mol. The van der Waals surface area contributed by atoms with Crippen molar-refractivity contribution in [2.45, 2.75) is 34.6 Å². The molecule has 0 bridgehead atoms. The van der Waals surface area contributed by atoms with Gasteiger partial charge in [-0.05, 0) is 26.3 Å². The van der Waals surface area contributed by atoms with E-state index in [1.165, 1.54) is 0 Å². The molecule has 0 saturated carbocycles. The average Bonchev–Trinajstić information content (AvgIpc) is 2.15. The zero-order chi connectivity index (χ0) is 10.3. The van der Waals surface area contributed by atoms with Gasteiger partial charge in [0.25, 0.3) is 0 Å². The third-order valence-electron chi connectivity index (χ3n) is 1.48.